The summed E-state index contributed by atoms with van der Waals surface area (Å²) in [5, 5.41) is 8.14. The minimum absolute atomic E-state index is 0.161. The van der Waals surface area contributed by atoms with Gasteiger partial charge in [0.15, 0.2) is 0 Å². The SMILES string of the molecule is Cc1cccc(-c2nnc(CCC(=O)N3CCN(C)CC3)o2)c1. The molecule has 3 rings (SSSR count). The summed E-state index contributed by atoms with van der Waals surface area (Å²) in [5.41, 5.74) is 2.06. The van der Waals surface area contributed by atoms with Gasteiger partial charge >= 0.3 is 0 Å². The highest BCUT2D eigenvalue weighted by Crippen LogP contribution is 2.19. The number of aromatic nitrogens is 2. The Morgan fingerprint density at radius 3 is 2.74 bits per heavy atom. The van der Waals surface area contributed by atoms with E-state index < -0.39 is 0 Å². The largest absolute Gasteiger partial charge is 0.421 e. The summed E-state index contributed by atoms with van der Waals surface area (Å²) in [4.78, 5) is 16.4. The van der Waals surface area contributed by atoms with Crippen LogP contribution < -0.4 is 0 Å². The van der Waals surface area contributed by atoms with Gasteiger partial charge in [-0.2, -0.15) is 0 Å². The van der Waals surface area contributed by atoms with Crippen LogP contribution in [0, 0.1) is 6.92 Å². The van der Waals surface area contributed by atoms with Gasteiger partial charge in [-0.1, -0.05) is 17.7 Å². The van der Waals surface area contributed by atoms with Crippen molar-refractivity contribution in [1.82, 2.24) is 20.0 Å². The third-order valence-corrected chi connectivity index (χ3v) is 4.14. The molecule has 1 fully saturated rings. The molecular formula is C17H22N4O2. The molecule has 2 heterocycles. The van der Waals surface area contributed by atoms with Gasteiger partial charge in [0.05, 0.1) is 0 Å². The Bertz CT molecular complexity index is 675. The van der Waals surface area contributed by atoms with Crippen LogP contribution in [0.3, 0.4) is 0 Å². The lowest BCUT2D eigenvalue weighted by Crippen LogP contribution is -2.47. The Balaban J connectivity index is 1.56. The predicted octanol–water partition coefficient (Wildman–Crippen LogP) is 1.75. The zero-order valence-corrected chi connectivity index (χ0v) is 13.7. The lowest BCUT2D eigenvalue weighted by molar-refractivity contribution is -0.132. The van der Waals surface area contributed by atoms with Crippen LogP contribution in [0.2, 0.25) is 0 Å². The highest BCUT2D eigenvalue weighted by Gasteiger charge is 2.19. The van der Waals surface area contributed by atoms with Crippen LogP contribution in [0.1, 0.15) is 17.9 Å². The van der Waals surface area contributed by atoms with Crippen LogP contribution >= 0.6 is 0 Å². The van der Waals surface area contributed by atoms with E-state index in [0.717, 1.165) is 37.3 Å². The number of carbonyl (C=O) groups is 1. The van der Waals surface area contributed by atoms with E-state index in [9.17, 15) is 4.79 Å². The maximum absolute atomic E-state index is 12.2. The van der Waals surface area contributed by atoms with E-state index in [1.54, 1.807) is 0 Å². The van der Waals surface area contributed by atoms with Crippen molar-refractivity contribution in [3.63, 3.8) is 0 Å². The van der Waals surface area contributed by atoms with Gasteiger partial charge in [0.1, 0.15) is 0 Å². The van der Waals surface area contributed by atoms with Crippen molar-refractivity contribution in [2.45, 2.75) is 19.8 Å². The monoisotopic (exact) mass is 314 g/mol. The van der Waals surface area contributed by atoms with Gasteiger partial charge in [0.25, 0.3) is 0 Å². The third kappa shape index (κ3) is 3.96. The van der Waals surface area contributed by atoms with Gasteiger partial charge in [-0.15, -0.1) is 10.2 Å². The number of nitrogens with zero attached hydrogens (tertiary/aromatic N) is 4. The first-order valence-electron chi connectivity index (χ1n) is 7.97. The zero-order chi connectivity index (χ0) is 16.2. The maximum Gasteiger partial charge on any atom is 0.247 e. The average molecular weight is 314 g/mol. The van der Waals surface area contributed by atoms with Crippen LogP contribution in [0.4, 0.5) is 0 Å². The molecule has 0 aliphatic carbocycles. The number of piperazine rings is 1. The summed E-state index contributed by atoms with van der Waals surface area (Å²) in [6.45, 7) is 5.49. The van der Waals surface area contributed by atoms with Crippen LogP contribution in [-0.2, 0) is 11.2 Å². The van der Waals surface area contributed by atoms with Crippen molar-refractivity contribution >= 4 is 5.91 Å². The average Bonchev–Trinajstić information content (AvgIpc) is 3.02. The summed E-state index contributed by atoms with van der Waals surface area (Å²) < 4.78 is 5.68. The molecule has 1 aromatic heterocycles. The molecule has 1 amide bonds. The van der Waals surface area contributed by atoms with E-state index in [0.29, 0.717) is 24.6 Å². The lowest BCUT2D eigenvalue weighted by atomic mass is 10.1. The minimum Gasteiger partial charge on any atom is -0.421 e. The van der Waals surface area contributed by atoms with E-state index in [2.05, 4.69) is 22.1 Å². The number of hydrogen-bond donors (Lipinski definition) is 0. The second-order valence-electron chi connectivity index (χ2n) is 6.05. The van der Waals surface area contributed by atoms with Gasteiger partial charge in [0.2, 0.25) is 17.7 Å². The van der Waals surface area contributed by atoms with Crippen molar-refractivity contribution in [2.75, 3.05) is 33.2 Å². The van der Waals surface area contributed by atoms with Crippen LogP contribution in [-0.4, -0.2) is 59.1 Å². The highest BCUT2D eigenvalue weighted by molar-refractivity contribution is 5.76. The number of hydrogen-bond acceptors (Lipinski definition) is 5. The van der Waals surface area contributed by atoms with E-state index in [1.807, 2.05) is 36.1 Å². The van der Waals surface area contributed by atoms with Crippen molar-refractivity contribution in [3.8, 4) is 11.5 Å². The first kappa shape index (κ1) is 15.7. The fourth-order valence-electron chi connectivity index (χ4n) is 2.68. The molecule has 1 aliphatic heterocycles. The lowest BCUT2D eigenvalue weighted by Gasteiger charge is -2.32. The summed E-state index contributed by atoms with van der Waals surface area (Å²) in [6, 6.07) is 7.94. The Morgan fingerprint density at radius 1 is 1.22 bits per heavy atom. The van der Waals surface area contributed by atoms with Gasteiger partial charge in [-0.3, -0.25) is 4.79 Å². The molecular weight excluding hydrogens is 292 g/mol. The van der Waals surface area contributed by atoms with Gasteiger partial charge in [0, 0.05) is 44.6 Å². The molecule has 1 aromatic carbocycles. The first-order chi connectivity index (χ1) is 11.1. The Hall–Kier alpha value is -2.21. The van der Waals surface area contributed by atoms with Crippen LogP contribution in [0.15, 0.2) is 28.7 Å². The van der Waals surface area contributed by atoms with E-state index in [1.165, 1.54) is 0 Å². The Kier molecular flexibility index (Phi) is 4.71. The number of benzene rings is 1. The molecule has 0 bridgehead atoms. The second kappa shape index (κ2) is 6.91. The number of aryl methyl sites for hydroxylation is 2. The molecule has 0 N–H and O–H groups in total. The second-order valence-corrected chi connectivity index (χ2v) is 6.05. The van der Waals surface area contributed by atoms with E-state index in [4.69, 9.17) is 4.42 Å². The summed E-state index contributed by atoms with van der Waals surface area (Å²) in [6.07, 6.45) is 0.906. The molecule has 0 saturated carbocycles. The minimum atomic E-state index is 0.161. The fraction of sp³-hybridized carbons (Fsp3) is 0.471. The molecule has 0 radical (unpaired) electrons. The van der Waals surface area contributed by atoms with Crippen molar-refractivity contribution in [3.05, 3.63) is 35.7 Å². The molecule has 6 heteroatoms. The molecule has 1 saturated heterocycles. The molecule has 0 unspecified atom stereocenters. The van der Waals surface area contributed by atoms with Crippen molar-refractivity contribution < 1.29 is 9.21 Å². The Morgan fingerprint density at radius 2 is 2.00 bits per heavy atom. The third-order valence-electron chi connectivity index (χ3n) is 4.14. The number of likely N-dealkylation sites (N-methyl/N-ethyl adjacent to an activating group) is 1. The number of amides is 1. The molecule has 6 nitrogen and oxygen atoms in total. The smallest absolute Gasteiger partial charge is 0.247 e. The first-order valence-corrected chi connectivity index (χ1v) is 7.97. The standard InChI is InChI=1S/C17H22N4O2/c1-13-4-3-5-14(12-13)17-19-18-15(23-17)6-7-16(22)21-10-8-20(2)9-11-21/h3-5,12H,6-11H2,1-2H3. The van der Waals surface area contributed by atoms with E-state index in [-0.39, 0.29) is 5.91 Å². The van der Waals surface area contributed by atoms with Gasteiger partial charge in [-0.05, 0) is 26.1 Å². The van der Waals surface area contributed by atoms with Crippen LogP contribution in [0.25, 0.3) is 11.5 Å². The molecule has 122 valence electrons. The summed E-state index contributed by atoms with van der Waals surface area (Å²) >= 11 is 0. The molecule has 23 heavy (non-hydrogen) atoms. The molecule has 0 spiro atoms. The van der Waals surface area contributed by atoms with Gasteiger partial charge in [-0.25, -0.2) is 0 Å². The number of carbonyl (C=O) groups excluding carboxylic acids is 1. The zero-order valence-electron chi connectivity index (χ0n) is 13.7. The molecule has 2 aromatic rings. The van der Waals surface area contributed by atoms with E-state index >= 15 is 0 Å². The molecule has 1 aliphatic rings. The number of rotatable bonds is 4. The Labute approximate surface area is 136 Å². The quantitative estimate of drug-likeness (QED) is 0.860. The van der Waals surface area contributed by atoms with Crippen molar-refractivity contribution in [1.29, 1.82) is 0 Å². The normalized spacial score (nSPS) is 15.8. The predicted molar refractivity (Wildman–Crippen MR) is 86.9 cm³/mol. The van der Waals surface area contributed by atoms with Gasteiger partial charge < -0.3 is 14.2 Å². The molecule has 0 atom stereocenters. The van der Waals surface area contributed by atoms with Crippen LogP contribution in [0.5, 0.6) is 0 Å². The fourth-order valence-corrected chi connectivity index (χ4v) is 2.68. The summed E-state index contributed by atoms with van der Waals surface area (Å²) in [5.74, 6) is 1.19. The highest BCUT2D eigenvalue weighted by atomic mass is 16.4. The topological polar surface area (TPSA) is 62.5 Å². The van der Waals surface area contributed by atoms with Crippen molar-refractivity contribution in [2.24, 2.45) is 0 Å². The summed E-state index contributed by atoms with van der Waals surface area (Å²) in [7, 11) is 2.08. The maximum atomic E-state index is 12.2.